The summed E-state index contributed by atoms with van der Waals surface area (Å²) >= 11 is 0. The van der Waals surface area contributed by atoms with Gasteiger partial charge in [-0.1, -0.05) is 13.8 Å². The van der Waals surface area contributed by atoms with Crippen LogP contribution in [-0.4, -0.2) is 48.2 Å². The molecule has 0 saturated heterocycles. The summed E-state index contributed by atoms with van der Waals surface area (Å²) in [6, 6.07) is 0. The first kappa shape index (κ1) is 14.4. The lowest BCUT2D eigenvalue weighted by atomic mass is 9.97. The van der Waals surface area contributed by atoms with Crippen LogP contribution in [0.4, 0.5) is 0 Å². The summed E-state index contributed by atoms with van der Waals surface area (Å²) in [5.41, 5.74) is -0.795. The maximum Gasteiger partial charge on any atom is 0.323 e. The molecule has 0 aliphatic heterocycles. The quantitative estimate of drug-likeness (QED) is 0.639. The summed E-state index contributed by atoms with van der Waals surface area (Å²) in [6.07, 6.45) is 1.73. The van der Waals surface area contributed by atoms with Crippen molar-refractivity contribution in [2.24, 2.45) is 0 Å². The number of carbonyl (C=O) groups is 1. The summed E-state index contributed by atoms with van der Waals surface area (Å²) in [7, 11) is 2.03. The maximum absolute atomic E-state index is 11.1. The zero-order valence-corrected chi connectivity index (χ0v) is 10.3. The molecule has 4 nitrogen and oxygen atoms in total. The van der Waals surface area contributed by atoms with Gasteiger partial charge < -0.3 is 15.3 Å². The van der Waals surface area contributed by atoms with Crippen LogP contribution >= 0.6 is 0 Å². The summed E-state index contributed by atoms with van der Waals surface area (Å²) in [4.78, 5) is 13.3. The van der Waals surface area contributed by atoms with Gasteiger partial charge in [-0.25, -0.2) is 0 Å². The van der Waals surface area contributed by atoms with E-state index in [-0.39, 0.29) is 0 Å². The number of hydrogen-bond donors (Lipinski definition) is 2. The zero-order valence-electron chi connectivity index (χ0n) is 10.3. The predicted octanol–water partition coefficient (Wildman–Crippen LogP) is 1.17. The molecule has 0 aromatic heterocycles. The topological polar surface area (TPSA) is 52.6 Å². The minimum Gasteiger partial charge on any atom is -0.480 e. The van der Waals surface area contributed by atoms with Crippen molar-refractivity contribution in [3.05, 3.63) is 0 Å². The van der Waals surface area contributed by atoms with Crippen LogP contribution in [0.2, 0.25) is 0 Å². The highest BCUT2D eigenvalue weighted by Gasteiger charge is 2.31. The average Bonchev–Trinajstić information content (AvgIpc) is 2.15. The van der Waals surface area contributed by atoms with Crippen LogP contribution in [0.25, 0.3) is 0 Å². The van der Waals surface area contributed by atoms with E-state index in [1.807, 2.05) is 14.0 Å². The largest absolute Gasteiger partial charge is 0.480 e. The second-order valence-electron chi connectivity index (χ2n) is 4.22. The molecule has 15 heavy (non-hydrogen) atoms. The molecule has 0 rings (SSSR count). The van der Waals surface area contributed by atoms with Crippen molar-refractivity contribution in [2.45, 2.75) is 39.2 Å². The Morgan fingerprint density at radius 2 is 2.00 bits per heavy atom. The van der Waals surface area contributed by atoms with E-state index in [0.29, 0.717) is 13.0 Å². The lowest BCUT2D eigenvalue weighted by Crippen LogP contribution is -2.51. The van der Waals surface area contributed by atoms with E-state index >= 15 is 0 Å². The second kappa shape index (κ2) is 6.80. The molecule has 0 amide bonds. The van der Waals surface area contributed by atoms with E-state index in [9.17, 15) is 4.79 Å². The molecule has 90 valence electrons. The summed E-state index contributed by atoms with van der Waals surface area (Å²) < 4.78 is 0. The Morgan fingerprint density at radius 3 is 2.40 bits per heavy atom. The minimum atomic E-state index is -0.795. The van der Waals surface area contributed by atoms with Crippen molar-refractivity contribution >= 4 is 5.97 Å². The Morgan fingerprint density at radius 1 is 1.40 bits per heavy atom. The van der Waals surface area contributed by atoms with Crippen molar-refractivity contribution in [1.82, 2.24) is 10.2 Å². The molecule has 0 aromatic carbocycles. The van der Waals surface area contributed by atoms with Gasteiger partial charge in [0.25, 0.3) is 0 Å². The van der Waals surface area contributed by atoms with Gasteiger partial charge in [-0.05, 0) is 39.9 Å². The first-order chi connectivity index (χ1) is 6.96. The molecule has 0 saturated carbocycles. The first-order valence-electron chi connectivity index (χ1n) is 5.63. The number of nitrogens with one attached hydrogen (secondary N) is 1. The highest BCUT2D eigenvalue weighted by molar-refractivity contribution is 5.78. The van der Waals surface area contributed by atoms with Gasteiger partial charge in [-0.2, -0.15) is 0 Å². The molecule has 0 fully saturated rings. The van der Waals surface area contributed by atoms with Gasteiger partial charge in [0.15, 0.2) is 0 Å². The van der Waals surface area contributed by atoms with Gasteiger partial charge in [-0.15, -0.1) is 0 Å². The van der Waals surface area contributed by atoms with Gasteiger partial charge in [-0.3, -0.25) is 4.79 Å². The fourth-order valence-corrected chi connectivity index (χ4v) is 1.57. The molecular weight excluding hydrogens is 192 g/mol. The van der Waals surface area contributed by atoms with Crippen LogP contribution in [0.15, 0.2) is 0 Å². The lowest BCUT2D eigenvalue weighted by molar-refractivity contribution is -0.144. The highest BCUT2D eigenvalue weighted by atomic mass is 16.4. The molecule has 0 bridgehead atoms. The molecule has 0 aliphatic rings. The van der Waals surface area contributed by atoms with Gasteiger partial charge in [0.05, 0.1) is 0 Å². The molecule has 0 aromatic rings. The van der Waals surface area contributed by atoms with Crippen LogP contribution in [0.5, 0.6) is 0 Å². The Bertz CT molecular complexity index is 197. The molecular formula is C11H24N2O2. The molecule has 0 aliphatic carbocycles. The molecule has 0 heterocycles. The second-order valence-corrected chi connectivity index (χ2v) is 4.22. The Balaban J connectivity index is 4.12. The monoisotopic (exact) mass is 216 g/mol. The molecule has 1 atom stereocenters. The molecule has 0 spiro atoms. The van der Waals surface area contributed by atoms with Crippen LogP contribution in [0, 0.1) is 0 Å². The van der Waals surface area contributed by atoms with Gasteiger partial charge in [0.1, 0.15) is 5.54 Å². The standard InChI is InChI=1S/C11H24N2O2/c1-5-8-13(4)9-7-11(3,10(14)15)12-6-2/h12H,5-9H2,1-4H3,(H,14,15). The summed E-state index contributed by atoms with van der Waals surface area (Å²) in [6.45, 7) is 8.30. The smallest absolute Gasteiger partial charge is 0.323 e. The SMILES string of the molecule is CCCN(C)CCC(C)(NCC)C(=O)O. The van der Waals surface area contributed by atoms with E-state index in [1.54, 1.807) is 6.92 Å². The number of carboxylic acid groups (broad SMARTS) is 1. The maximum atomic E-state index is 11.1. The molecule has 2 N–H and O–H groups in total. The minimum absolute atomic E-state index is 0.632. The highest BCUT2D eigenvalue weighted by Crippen LogP contribution is 2.10. The van der Waals surface area contributed by atoms with Crippen molar-refractivity contribution in [3.8, 4) is 0 Å². The average molecular weight is 216 g/mol. The van der Waals surface area contributed by atoms with Crippen molar-refractivity contribution in [1.29, 1.82) is 0 Å². The number of rotatable bonds is 8. The van der Waals surface area contributed by atoms with Crippen molar-refractivity contribution < 1.29 is 9.90 Å². The molecule has 1 unspecified atom stereocenters. The lowest BCUT2D eigenvalue weighted by Gasteiger charge is -2.28. The number of nitrogens with zero attached hydrogens (tertiary/aromatic N) is 1. The number of carboxylic acids is 1. The fourth-order valence-electron chi connectivity index (χ4n) is 1.57. The van der Waals surface area contributed by atoms with E-state index < -0.39 is 11.5 Å². The molecule has 4 heteroatoms. The predicted molar refractivity (Wildman–Crippen MR) is 62.1 cm³/mol. The molecule has 0 radical (unpaired) electrons. The van der Waals surface area contributed by atoms with E-state index in [2.05, 4.69) is 17.1 Å². The van der Waals surface area contributed by atoms with Crippen LogP contribution < -0.4 is 5.32 Å². The van der Waals surface area contributed by atoms with E-state index in [1.165, 1.54) is 0 Å². The van der Waals surface area contributed by atoms with Crippen LogP contribution in [-0.2, 0) is 4.79 Å². The third-order valence-electron chi connectivity index (χ3n) is 2.64. The Labute approximate surface area is 92.7 Å². The normalized spacial score (nSPS) is 15.3. The number of likely N-dealkylation sites (N-methyl/N-ethyl adjacent to an activating group) is 1. The number of aliphatic carboxylic acids is 1. The third kappa shape index (κ3) is 5.14. The number of hydrogen-bond acceptors (Lipinski definition) is 3. The van der Waals surface area contributed by atoms with Crippen molar-refractivity contribution in [3.63, 3.8) is 0 Å². The van der Waals surface area contributed by atoms with E-state index in [0.717, 1.165) is 19.5 Å². The van der Waals surface area contributed by atoms with E-state index in [4.69, 9.17) is 5.11 Å². The summed E-state index contributed by atoms with van der Waals surface area (Å²) in [5, 5.41) is 12.2. The van der Waals surface area contributed by atoms with Crippen LogP contribution in [0.3, 0.4) is 0 Å². The van der Waals surface area contributed by atoms with Gasteiger partial charge in [0, 0.05) is 6.54 Å². The third-order valence-corrected chi connectivity index (χ3v) is 2.64. The fraction of sp³-hybridized carbons (Fsp3) is 0.909. The van der Waals surface area contributed by atoms with Crippen LogP contribution in [0.1, 0.15) is 33.6 Å². The zero-order chi connectivity index (χ0) is 11.9. The van der Waals surface area contributed by atoms with Gasteiger partial charge in [0.2, 0.25) is 0 Å². The Kier molecular flexibility index (Phi) is 6.52. The Hall–Kier alpha value is -0.610. The van der Waals surface area contributed by atoms with Crippen molar-refractivity contribution in [2.75, 3.05) is 26.7 Å². The summed E-state index contributed by atoms with van der Waals surface area (Å²) in [5.74, 6) is -0.769. The van der Waals surface area contributed by atoms with Gasteiger partial charge >= 0.3 is 5.97 Å². The first-order valence-corrected chi connectivity index (χ1v) is 5.63.